The minimum Gasteiger partial charge on any atom is -0.455 e. The zero-order valence-electron chi connectivity index (χ0n) is 38.3. The molecule has 0 N–H and O–H groups in total. The number of hydrogen-bond acceptors (Lipinski definition) is 4. The van der Waals surface area contributed by atoms with E-state index >= 15 is 0 Å². The Balaban J connectivity index is 0.878. The van der Waals surface area contributed by atoms with Crippen LogP contribution in [0.25, 0.3) is 111 Å². The van der Waals surface area contributed by atoms with Crippen LogP contribution in [0.5, 0.6) is 11.5 Å². The van der Waals surface area contributed by atoms with Gasteiger partial charge in [0, 0.05) is 54.9 Å². The maximum Gasteiger partial charge on any atom is 0.160 e. The molecule has 13 aromatic rings. The summed E-state index contributed by atoms with van der Waals surface area (Å²) in [4.78, 5) is 10.5. The number of fused-ring (bicyclic) bond motifs is 16. The van der Waals surface area contributed by atoms with Gasteiger partial charge in [-0.15, -0.1) is 0 Å². The number of benzene rings is 11. The van der Waals surface area contributed by atoms with Crippen molar-refractivity contribution >= 4 is 43.5 Å². The van der Waals surface area contributed by atoms with E-state index in [-0.39, 0.29) is 0 Å². The number of aromatic nitrogens is 2. The lowest BCUT2D eigenvalue weighted by Gasteiger charge is -2.41. The van der Waals surface area contributed by atoms with Crippen LogP contribution in [0.3, 0.4) is 0 Å². The van der Waals surface area contributed by atoms with Gasteiger partial charge in [-0.2, -0.15) is 0 Å². The summed E-state index contributed by atoms with van der Waals surface area (Å²) < 4.78 is 13.7. The van der Waals surface area contributed by atoms with Gasteiger partial charge >= 0.3 is 0 Å². The predicted octanol–water partition coefficient (Wildman–Crippen LogP) is 17.5. The summed E-state index contributed by atoms with van der Waals surface area (Å²) in [5.41, 5.74) is 17.5. The standard InChI is InChI=1S/C67H40N2O2/c1-2-16-45(17-3-1)59-40-60(46-32-28-44(29-33-46)49-23-13-25-55-53-21-9-11-27-61(53)70-63(49)55)69-66(68-59)47-34-30-43(31-35-47)48-22-12-24-54-52-20-8-10-26-56(52)67(62(48)54)57-38-36-41-14-4-6-18-50(41)64(57)71-65-51-19-7-5-15-42(51)37-39-58(65)67/h1-40H. The second kappa shape index (κ2) is 15.3. The Bertz CT molecular complexity index is 4220. The van der Waals surface area contributed by atoms with Gasteiger partial charge in [-0.1, -0.05) is 231 Å². The van der Waals surface area contributed by atoms with Crippen LogP contribution in [-0.2, 0) is 5.41 Å². The second-order valence-corrected chi connectivity index (χ2v) is 18.7. The fourth-order valence-corrected chi connectivity index (χ4v) is 11.8. The monoisotopic (exact) mass is 904 g/mol. The Kier molecular flexibility index (Phi) is 8.54. The summed E-state index contributed by atoms with van der Waals surface area (Å²) in [5, 5.41) is 6.74. The lowest BCUT2D eigenvalue weighted by molar-refractivity contribution is 0.447. The van der Waals surface area contributed by atoms with Crippen molar-refractivity contribution in [2.24, 2.45) is 0 Å². The highest BCUT2D eigenvalue weighted by atomic mass is 16.5. The summed E-state index contributed by atoms with van der Waals surface area (Å²) in [7, 11) is 0. The van der Waals surface area contributed by atoms with E-state index in [1.165, 1.54) is 27.8 Å². The molecular formula is C67H40N2O2. The van der Waals surface area contributed by atoms with Crippen LogP contribution in [0.4, 0.5) is 0 Å². The van der Waals surface area contributed by atoms with E-state index in [0.29, 0.717) is 5.82 Å². The summed E-state index contributed by atoms with van der Waals surface area (Å²) in [6.07, 6.45) is 0. The highest BCUT2D eigenvalue weighted by Crippen LogP contribution is 2.65. The molecule has 1 aliphatic heterocycles. The highest BCUT2D eigenvalue weighted by molar-refractivity contribution is 6.09. The van der Waals surface area contributed by atoms with Crippen LogP contribution in [0.15, 0.2) is 247 Å². The Morgan fingerprint density at radius 3 is 1.55 bits per heavy atom. The number of rotatable bonds is 5. The van der Waals surface area contributed by atoms with Gasteiger partial charge in [0.05, 0.1) is 16.8 Å². The van der Waals surface area contributed by atoms with E-state index < -0.39 is 5.41 Å². The third-order valence-corrected chi connectivity index (χ3v) is 15.0. The van der Waals surface area contributed by atoms with E-state index in [1.54, 1.807) is 0 Å². The molecule has 4 nitrogen and oxygen atoms in total. The lowest BCUT2D eigenvalue weighted by atomic mass is 9.64. The van der Waals surface area contributed by atoms with E-state index in [9.17, 15) is 0 Å². The topological polar surface area (TPSA) is 48.2 Å². The summed E-state index contributed by atoms with van der Waals surface area (Å²) >= 11 is 0. The molecule has 330 valence electrons. The first-order valence-electron chi connectivity index (χ1n) is 24.2. The molecule has 3 heterocycles. The van der Waals surface area contributed by atoms with Crippen LogP contribution >= 0.6 is 0 Å². The van der Waals surface area contributed by atoms with Gasteiger partial charge in [0.2, 0.25) is 0 Å². The largest absolute Gasteiger partial charge is 0.455 e. The van der Waals surface area contributed by atoms with Crippen molar-refractivity contribution in [3.8, 4) is 78.8 Å². The third-order valence-electron chi connectivity index (χ3n) is 15.0. The molecule has 11 aromatic carbocycles. The Labute approximate surface area is 409 Å². The van der Waals surface area contributed by atoms with Gasteiger partial charge in [0.15, 0.2) is 5.82 Å². The van der Waals surface area contributed by atoms with Gasteiger partial charge in [-0.3, -0.25) is 0 Å². The molecule has 2 aliphatic rings. The second-order valence-electron chi connectivity index (χ2n) is 18.7. The number of furan rings is 1. The molecule has 4 heteroatoms. The molecule has 15 rings (SSSR count). The zero-order chi connectivity index (χ0) is 46.6. The SMILES string of the molecule is c1ccc(-c2cc(-c3ccc(-c4cccc5c4oc4ccccc45)cc3)nc(-c3ccc(-c4cccc5c4C4(c6ccccc6-5)c5ccc6ccccc6c5Oc5c4ccc4ccccc54)cc3)n2)cc1. The molecule has 0 bridgehead atoms. The molecule has 0 amide bonds. The molecular weight excluding hydrogens is 865 g/mol. The fraction of sp³-hybridized carbons (Fsp3) is 0.0149. The first-order chi connectivity index (χ1) is 35.2. The summed E-state index contributed by atoms with van der Waals surface area (Å²) in [6.45, 7) is 0. The van der Waals surface area contributed by atoms with Gasteiger partial charge in [0.1, 0.15) is 22.7 Å². The van der Waals surface area contributed by atoms with Crippen LogP contribution in [0, 0.1) is 0 Å². The molecule has 0 saturated carbocycles. The minimum absolute atomic E-state index is 0.664. The Morgan fingerprint density at radius 1 is 0.324 bits per heavy atom. The van der Waals surface area contributed by atoms with Crippen LogP contribution < -0.4 is 4.74 Å². The van der Waals surface area contributed by atoms with Gasteiger partial charge in [-0.25, -0.2) is 9.97 Å². The van der Waals surface area contributed by atoms with E-state index in [2.05, 4.69) is 224 Å². The van der Waals surface area contributed by atoms with Crippen molar-refractivity contribution < 1.29 is 9.15 Å². The quantitative estimate of drug-likeness (QED) is 0.173. The van der Waals surface area contributed by atoms with Crippen molar-refractivity contribution in [2.45, 2.75) is 5.41 Å². The van der Waals surface area contributed by atoms with Crippen molar-refractivity contribution in [1.29, 1.82) is 0 Å². The van der Waals surface area contributed by atoms with Crippen LogP contribution in [-0.4, -0.2) is 9.97 Å². The van der Waals surface area contributed by atoms with Crippen molar-refractivity contribution in [2.75, 3.05) is 0 Å². The van der Waals surface area contributed by atoms with Gasteiger partial charge < -0.3 is 9.15 Å². The van der Waals surface area contributed by atoms with E-state index in [0.717, 1.165) is 111 Å². The normalized spacial score (nSPS) is 13.0. The summed E-state index contributed by atoms with van der Waals surface area (Å²) in [5.74, 6) is 2.48. The maximum atomic E-state index is 7.25. The zero-order valence-corrected chi connectivity index (χ0v) is 38.3. The fourth-order valence-electron chi connectivity index (χ4n) is 11.8. The first-order valence-corrected chi connectivity index (χ1v) is 24.2. The molecule has 71 heavy (non-hydrogen) atoms. The molecule has 0 atom stereocenters. The Hall–Kier alpha value is -9.38. The molecule has 0 radical (unpaired) electrons. The van der Waals surface area contributed by atoms with Crippen LogP contribution in [0.2, 0.25) is 0 Å². The van der Waals surface area contributed by atoms with E-state index in [1.807, 2.05) is 18.2 Å². The smallest absolute Gasteiger partial charge is 0.160 e. The van der Waals surface area contributed by atoms with Crippen molar-refractivity contribution in [3.63, 3.8) is 0 Å². The summed E-state index contributed by atoms with van der Waals surface area (Å²) in [6, 6.07) is 86.7. The number of hydrogen-bond donors (Lipinski definition) is 0. The average Bonchev–Trinajstić information content (AvgIpc) is 3.98. The lowest BCUT2D eigenvalue weighted by Crippen LogP contribution is -2.33. The van der Waals surface area contributed by atoms with E-state index in [4.69, 9.17) is 19.1 Å². The average molecular weight is 905 g/mol. The molecule has 0 saturated heterocycles. The van der Waals surface area contributed by atoms with Gasteiger partial charge in [-0.05, 0) is 61.8 Å². The van der Waals surface area contributed by atoms with Crippen LogP contribution in [0.1, 0.15) is 22.3 Å². The third kappa shape index (κ3) is 5.86. The number of para-hydroxylation sites is 2. The minimum atomic E-state index is -0.672. The number of ether oxygens (including phenoxy) is 1. The number of nitrogens with zero attached hydrogens (tertiary/aromatic N) is 2. The molecule has 0 unspecified atom stereocenters. The maximum absolute atomic E-state index is 7.25. The highest BCUT2D eigenvalue weighted by Gasteiger charge is 2.53. The van der Waals surface area contributed by atoms with Crippen molar-refractivity contribution in [3.05, 3.63) is 265 Å². The van der Waals surface area contributed by atoms with Gasteiger partial charge in [0.25, 0.3) is 0 Å². The molecule has 1 spiro atoms. The molecule has 1 aliphatic carbocycles. The predicted molar refractivity (Wildman–Crippen MR) is 289 cm³/mol. The Morgan fingerprint density at radius 2 is 0.831 bits per heavy atom. The van der Waals surface area contributed by atoms with Crippen molar-refractivity contribution in [1.82, 2.24) is 9.97 Å². The molecule has 0 fully saturated rings. The first kappa shape index (κ1) is 39.6. The molecule has 2 aromatic heterocycles.